The van der Waals surface area contributed by atoms with Crippen LogP contribution in [0, 0.1) is 0 Å². The number of carbonyl (C=O) groups excluding carboxylic acids is 1. The van der Waals surface area contributed by atoms with Gasteiger partial charge in [0, 0.05) is 19.5 Å². The van der Waals surface area contributed by atoms with Crippen LogP contribution in [0.15, 0.2) is 53.8 Å². The third-order valence-electron chi connectivity index (χ3n) is 6.48. The van der Waals surface area contributed by atoms with Crippen molar-refractivity contribution in [2.24, 2.45) is 4.99 Å². The van der Waals surface area contributed by atoms with E-state index < -0.39 is 0 Å². The van der Waals surface area contributed by atoms with Crippen molar-refractivity contribution >= 4 is 29.3 Å². The number of hydrogen-bond donors (Lipinski definition) is 0. The fourth-order valence-corrected chi connectivity index (χ4v) is 5.30. The number of aliphatic imine (C=N–C) groups is 1. The molecule has 0 fully saturated rings. The fourth-order valence-electron chi connectivity index (χ4n) is 4.98. The summed E-state index contributed by atoms with van der Waals surface area (Å²) in [4.78, 5) is 26.9. The average molecular weight is 462 g/mol. The monoisotopic (exact) mass is 461 g/mol. The summed E-state index contributed by atoms with van der Waals surface area (Å²) in [6, 6.07) is 14.5. The number of hydrogen-bond acceptors (Lipinski definition) is 5. The van der Waals surface area contributed by atoms with Crippen LogP contribution in [-0.4, -0.2) is 52.1 Å². The van der Waals surface area contributed by atoms with Crippen LogP contribution < -0.4 is 9.64 Å². The normalized spacial score (nSPS) is 18.7. The summed E-state index contributed by atoms with van der Waals surface area (Å²) in [5.41, 5.74) is 3.99. The molecule has 0 saturated heterocycles. The second kappa shape index (κ2) is 7.92. The van der Waals surface area contributed by atoms with E-state index >= 15 is 0 Å². The van der Waals surface area contributed by atoms with Crippen LogP contribution in [-0.2, 0) is 19.4 Å². The van der Waals surface area contributed by atoms with Crippen molar-refractivity contribution < 1.29 is 9.53 Å². The van der Waals surface area contributed by atoms with E-state index in [4.69, 9.17) is 21.3 Å². The second-order valence-corrected chi connectivity index (χ2v) is 9.05. The maximum Gasteiger partial charge on any atom is 0.281 e. The lowest BCUT2D eigenvalue weighted by Crippen LogP contribution is -2.50. The minimum Gasteiger partial charge on any atom is -0.491 e. The molecule has 3 aliphatic rings. The lowest BCUT2D eigenvalue weighted by Gasteiger charge is -2.33. The molecule has 0 aliphatic carbocycles. The first-order chi connectivity index (χ1) is 16.1. The minimum absolute atomic E-state index is 0.0593. The van der Waals surface area contributed by atoms with E-state index in [-0.39, 0.29) is 11.9 Å². The van der Waals surface area contributed by atoms with Crippen LogP contribution in [0.25, 0.3) is 0 Å². The van der Waals surface area contributed by atoms with Gasteiger partial charge in [-0.15, -0.1) is 0 Å². The van der Waals surface area contributed by atoms with E-state index in [0.717, 1.165) is 29.7 Å². The molecule has 6 rings (SSSR count). The molecule has 0 bridgehead atoms. The Bertz CT molecular complexity index is 1270. The van der Waals surface area contributed by atoms with E-state index in [2.05, 4.69) is 28.1 Å². The molecule has 1 atom stereocenters. The Hall–Kier alpha value is -3.32. The number of halogens is 1. The summed E-state index contributed by atoms with van der Waals surface area (Å²) >= 11 is 6.44. The van der Waals surface area contributed by atoms with Gasteiger partial charge in [-0.3, -0.25) is 14.6 Å². The lowest BCUT2D eigenvalue weighted by atomic mass is 10.1. The number of guanidine groups is 1. The van der Waals surface area contributed by atoms with Crippen molar-refractivity contribution in [3.63, 3.8) is 0 Å². The van der Waals surface area contributed by atoms with E-state index in [0.29, 0.717) is 48.7 Å². The predicted octanol–water partition coefficient (Wildman–Crippen LogP) is 3.78. The van der Waals surface area contributed by atoms with Crippen molar-refractivity contribution in [2.75, 3.05) is 24.6 Å². The molecule has 2 aromatic carbocycles. The molecule has 168 valence electrons. The molecular weight excluding hydrogens is 438 g/mol. The maximum atomic E-state index is 13.5. The van der Waals surface area contributed by atoms with E-state index in [9.17, 15) is 4.79 Å². The Morgan fingerprint density at radius 2 is 2.03 bits per heavy atom. The summed E-state index contributed by atoms with van der Waals surface area (Å²) in [5.74, 6) is 2.12. The second-order valence-electron chi connectivity index (χ2n) is 8.64. The van der Waals surface area contributed by atoms with Crippen LogP contribution in [0.3, 0.4) is 0 Å². The van der Waals surface area contributed by atoms with Gasteiger partial charge in [0.15, 0.2) is 11.5 Å². The highest BCUT2D eigenvalue weighted by atomic mass is 35.5. The SMILES string of the molecule is CCN1C(=O)c2c(ncn2Cc2cc(Cl)c3c(c2)CCO3)N2CC(Cc3ccccc3)N=C12. The van der Waals surface area contributed by atoms with Crippen LogP contribution in [0.4, 0.5) is 5.82 Å². The molecule has 0 saturated carbocycles. The Balaban J connectivity index is 1.32. The minimum atomic E-state index is -0.0593. The molecule has 4 heterocycles. The summed E-state index contributed by atoms with van der Waals surface area (Å²) < 4.78 is 7.55. The van der Waals surface area contributed by atoms with Gasteiger partial charge in [-0.2, -0.15) is 0 Å². The zero-order valence-corrected chi connectivity index (χ0v) is 19.1. The summed E-state index contributed by atoms with van der Waals surface area (Å²) in [6.07, 6.45) is 3.43. The standard InChI is InChI=1S/C25H24ClN5O2/c1-2-30-24(32)21-23(31-14-19(28-25(30)31)11-16-6-4-3-5-7-16)27-15-29(21)13-17-10-18-8-9-33-22(18)20(26)12-17/h3-7,10,12,15,19H,2,8-9,11,13-14H2,1H3. The maximum absolute atomic E-state index is 13.5. The molecule has 1 aromatic heterocycles. The van der Waals surface area contributed by atoms with Gasteiger partial charge in [0.2, 0.25) is 5.96 Å². The smallest absolute Gasteiger partial charge is 0.281 e. The number of imidazole rings is 1. The lowest BCUT2D eigenvalue weighted by molar-refractivity contribution is 0.0836. The molecule has 0 spiro atoms. The van der Waals surface area contributed by atoms with Gasteiger partial charge in [-0.1, -0.05) is 48.0 Å². The molecule has 0 N–H and O–H groups in total. The molecular formula is C25H24ClN5O2. The van der Waals surface area contributed by atoms with Gasteiger partial charge >= 0.3 is 0 Å². The number of fused-ring (bicyclic) bond motifs is 4. The predicted molar refractivity (Wildman–Crippen MR) is 127 cm³/mol. The Morgan fingerprint density at radius 3 is 2.85 bits per heavy atom. The average Bonchev–Trinajstić information content (AvgIpc) is 3.54. The molecule has 1 amide bonds. The largest absolute Gasteiger partial charge is 0.491 e. The van der Waals surface area contributed by atoms with Gasteiger partial charge in [0.25, 0.3) is 5.91 Å². The number of nitrogens with zero attached hydrogens (tertiary/aromatic N) is 5. The Morgan fingerprint density at radius 1 is 1.18 bits per heavy atom. The van der Waals surface area contributed by atoms with Crippen molar-refractivity contribution in [3.05, 3.63) is 76.2 Å². The third kappa shape index (κ3) is 3.38. The van der Waals surface area contributed by atoms with E-state index in [1.807, 2.05) is 35.8 Å². The highest BCUT2D eigenvalue weighted by Crippen LogP contribution is 2.36. The number of aromatic nitrogens is 2. The fraction of sp³-hybridized carbons (Fsp3) is 0.320. The zero-order chi connectivity index (χ0) is 22.5. The number of rotatable bonds is 5. The number of amides is 1. The molecule has 1 unspecified atom stereocenters. The van der Waals surface area contributed by atoms with Crippen molar-refractivity contribution in [2.45, 2.75) is 32.4 Å². The van der Waals surface area contributed by atoms with Gasteiger partial charge in [0.05, 0.1) is 30.5 Å². The van der Waals surface area contributed by atoms with Gasteiger partial charge in [-0.05, 0) is 36.1 Å². The Kier molecular flexibility index (Phi) is 4.87. The molecule has 3 aromatic rings. The van der Waals surface area contributed by atoms with Crippen LogP contribution in [0.5, 0.6) is 5.75 Å². The summed E-state index contributed by atoms with van der Waals surface area (Å²) in [7, 11) is 0. The van der Waals surface area contributed by atoms with Crippen molar-refractivity contribution in [3.8, 4) is 5.75 Å². The topological polar surface area (TPSA) is 63.0 Å². The van der Waals surface area contributed by atoms with Crippen LogP contribution >= 0.6 is 11.6 Å². The van der Waals surface area contributed by atoms with E-state index in [1.54, 1.807) is 11.2 Å². The van der Waals surface area contributed by atoms with Crippen LogP contribution in [0.2, 0.25) is 5.02 Å². The summed E-state index contributed by atoms with van der Waals surface area (Å²) in [6.45, 7) is 4.42. The molecule has 3 aliphatic heterocycles. The number of benzene rings is 2. The number of carbonyl (C=O) groups is 1. The highest BCUT2D eigenvalue weighted by Gasteiger charge is 2.42. The van der Waals surface area contributed by atoms with Crippen molar-refractivity contribution in [1.29, 1.82) is 0 Å². The van der Waals surface area contributed by atoms with Gasteiger partial charge < -0.3 is 9.30 Å². The Labute approximate surface area is 197 Å². The summed E-state index contributed by atoms with van der Waals surface area (Å²) in [5, 5.41) is 0.619. The first-order valence-corrected chi connectivity index (χ1v) is 11.7. The van der Waals surface area contributed by atoms with Gasteiger partial charge in [0.1, 0.15) is 5.75 Å². The number of ether oxygens (including phenoxy) is 1. The first-order valence-electron chi connectivity index (χ1n) is 11.3. The highest BCUT2D eigenvalue weighted by molar-refractivity contribution is 6.32. The molecule has 7 nitrogen and oxygen atoms in total. The van der Waals surface area contributed by atoms with E-state index in [1.165, 1.54) is 5.56 Å². The first kappa shape index (κ1) is 20.3. The van der Waals surface area contributed by atoms with Crippen molar-refractivity contribution in [1.82, 2.24) is 14.5 Å². The quantitative estimate of drug-likeness (QED) is 0.580. The van der Waals surface area contributed by atoms with Gasteiger partial charge in [-0.25, -0.2) is 9.98 Å². The molecule has 0 radical (unpaired) electrons. The zero-order valence-electron chi connectivity index (χ0n) is 18.4. The molecule has 33 heavy (non-hydrogen) atoms. The van der Waals surface area contributed by atoms with Crippen LogP contribution in [0.1, 0.15) is 34.1 Å². The third-order valence-corrected chi connectivity index (χ3v) is 6.76. The number of anilines is 1. The molecule has 8 heteroatoms.